The average Bonchev–Trinajstić information content (AvgIpc) is 2.73. The first kappa shape index (κ1) is 12.6. The second-order valence-corrected chi connectivity index (χ2v) is 5.27. The smallest absolute Gasteiger partial charge is 0.0696 e. The van der Waals surface area contributed by atoms with E-state index in [1.807, 2.05) is 12.1 Å². The highest BCUT2D eigenvalue weighted by Crippen LogP contribution is 2.36. The summed E-state index contributed by atoms with van der Waals surface area (Å²) in [5, 5.41) is 1.22. The van der Waals surface area contributed by atoms with Crippen LogP contribution in [0.4, 0.5) is 17.1 Å². The summed E-state index contributed by atoms with van der Waals surface area (Å²) in [4.78, 5) is 5.58. The molecule has 0 aliphatic rings. The van der Waals surface area contributed by atoms with Crippen molar-refractivity contribution >= 4 is 28.0 Å². The molecular weight excluding hydrogens is 246 g/mol. The van der Waals surface area contributed by atoms with E-state index in [9.17, 15) is 0 Å². The number of nitrogens with zero attached hydrogens (tertiary/aromatic N) is 1. The lowest BCUT2D eigenvalue weighted by atomic mass is 10.1. The zero-order valence-electron chi connectivity index (χ0n) is 12.1. The number of nitrogen functional groups attached to an aromatic ring is 1. The van der Waals surface area contributed by atoms with Crippen LogP contribution >= 0.6 is 0 Å². The van der Waals surface area contributed by atoms with Crippen LogP contribution in [0.3, 0.4) is 0 Å². The fraction of sp³-hybridized carbons (Fsp3) is 0.176. The minimum absolute atomic E-state index is 0.803. The van der Waals surface area contributed by atoms with Crippen molar-refractivity contribution in [3.05, 3.63) is 53.7 Å². The summed E-state index contributed by atoms with van der Waals surface area (Å²) in [5.41, 5.74) is 12.7. The van der Waals surface area contributed by atoms with Crippen LogP contribution in [0.15, 0.2) is 42.5 Å². The molecule has 0 saturated carbocycles. The summed E-state index contributed by atoms with van der Waals surface area (Å²) in [6, 6.07) is 14.5. The van der Waals surface area contributed by atoms with Crippen LogP contribution in [0.5, 0.6) is 0 Å². The molecule has 20 heavy (non-hydrogen) atoms. The van der Waals surface area contributed by atoms with E-state index < -0.39 is 0 Å². The molecule has 0 bridgehead atoms. The Hall–Kier alpha value is -2.42. The van der Waals surface area contributed by atoms with E-state index in [1.54, 1.807) is 0 Å². The Labute approximate surface area is 119 Å². The largest absolute Gasteiger partial charge is 0.397 e. The van der Waals surface area contributed by atoms with Gasteiger partial charge >= 0.3 is 0 Å². The van der Waals surface area contributed by atoms with Gasteiger partial charge in [0.15, 0.2) is 0 Å². The van der Waals surface area contributed by atoms with Crippen molar-refractivity contribution < 1.29 is 0 Å². The number of aromatic amines is 1. The summed E-state index contributed by atoms with van der Waals surface area (Å²) < 4.78 is 0. The molecule has 1 heterocycles. The highest BCUT2D eigenvalue weighted by atomic mass is 15.1. The number of H-pyrrole nitrogens is 1. The van der Waals surface area contributed by atoms with Crippen LogP contribution in [0, 0.1) is 13.8 Å². The summed E-state index contributed by atoms with van der Waals surface area (Å²) in [6.45, 7) is 4.15. The van der Waals surface area contributed by atoms with Gasteiger partial charge in [-0.2, -0.15) is 0 Å². The van der Waals surface area contributed by atoms with Gasteiger partial charge in [0.2, 0.25) is 0 Å². The van der Waals surface area contributed by atoms with E-state index in [4.69, 9.17) is 5.73 Å². The van der Waals surface area contributed by atoms with Gasteiger partial charge in [-0.1, -0.05) is 24.3 Å². The van der Waals surface area contributed by atoms with Crippen LogP contribution in [0.1, 0.15) is 11.3 Å². The summed E-state index contributed by atoms with van der Waals surface area (Å²) in [6.07, 6.45) is 0. The van der Waals surface area contributed by atoms with Gasteiger partial charge in [0.05, 0.1) is 17.1 Å². The van der Waals surface area contributed by atoms with Gasteiger partial charge < -0.3 is 15.6 Å². The zero-order valence-corrected chi connectivity index (χ0v) is 12.1. The first-order valence-electron chi connectivity index (χ1n) is 6.75. The van der Waals surface area contributed by atoms with E-state index >= 15 is 0 Å². The second-order valence-electron chi connectivity index (χ2n) is 5.27. The van der Waals surface area contributed by atoms with E-state index in [0.717, 1.165) is 22.6 Å². The Morgan fingerprint density at radius 2 is 1.80 bits per heavy atom. The van der Waals surface area contributed by atoms with Crippen molar-refractivity contribution in [2.45, 2.75) is 13.8 Å². The summed E-state index contributed by atoms with van der Waals surface area (Å²) in [7, 11) is 2.06. The van der Waals surface area contributed by atoms with E-state index in [2.05, 4.69) is 61.1 Å². The predicted octanol–water partition coefficient (Wildman–Crippen LogP) is 4.13. The molecule has 0 saturated heterocycles. The molecule has 2 aromatic carbocycles. The minimum atomic E-state index is 0.803. The highest BCUT2D eigenvalue weighted by Gasteiger charge is 2.15. The molecule has 3 N–H and O–H groups in total. The van der Waals surface area contributed by atoms with Crippen molar-refractivity contribution in [2.24, 2.45) is 0 Å². The van der Waals surface area contributed by atoms with E-state index in [1.165, 1.54) is 16.6 Å². The van der Waals surface area contributed by atoms with Gasteiger partial charge in [-0.05, 0) is 37.6 Å². The molecule has 0 spiro atoms. The molecule has 3 heteroatoms. The molecular formula is C17H19N3. The number of para-hydroxylation sites is 1. The van der Waals surface area contributed by atoms with Gasteiger partial charge in [-0.3, -0.25) is 0 Å². The van der Waals surface area contributed by atoms with Crippen molar-refractivity contribution in [3.63, 3.8) is 0 Å². The molecule has 0 amide bonds. The second kappa shape index (κ2) is 4.60. The van der Waals surface area contributed by atoms with Gasteiger partial charge in [-0.15, -0.1) is 0 Å². The molecule has 0 radical (unpaired) electrons. The van der Waals surface area contributed by atoms with Gasteiger partial charge in [-0.25, -0.2) is 0 Å². The number of rotatable bonds is 2. The van der Waals surface area contributed by atoms with Gasteiger partial charge in [0.1, 0.15) is 0 Å². The lowest BCUT2D eigenvalue weighted by Crippen LogP contribution is -2.12. The summed E-state index contributed by atoms with van der Waals surface area (Å²) in [5.74, 6) is 0. The molecule has 0 aliphatic carbocycles. The van der Waals surface area contributed by atoms with E-state index in [0.29, 0.717) is 0 Å². The SMILES string of the molecule is Cc1ccc(N(C)c2c(C)[nH]c3ccccc23)c(N)c1. The lowest BCUT2D eigenvalue weighted by molar-refractivity contribution is 1.17. The molecule has 1 aromatic heterocycles. The molecule has 0 aliphatic heterocycles. The van der Waals surface area contributed by atoms with E-state index in [-0.39, 0.29) is 0 Å². The third-order valence-electron chi connectivity index (χ3n) is 3.74. The Bertz CT molecular complexity index is 771. The number of fused-ring (bicyclic) bond motifs is 1. The Morgan fingerprint density at radius 3 is 2.55 bits per heavy atom. The quantitative estimate of drug-likeness (QED) is 0.684. The van der Waals surface area contributed by atoms with Crippen LogP contribution in [0.25, 0.3) is 10.9 Å². The number of nitrogens with one attached hydrogen (secondary N) is 1. The molecule has 3 aromatic rings. The molecule has 3 nitrogen and oxygen atoms in total. The van der Waals surface area contributed by atoms with Crippen molar-refractivity contribution in [2.75, 3.05) is 17.7 Å². The van der Waals surface area contributed by atoms with Gasteiger partial charge in [0.25, 0.3) is 0 Å². The predicted molar refractivity (Wildman–Crippen MR) is 86.7 cm³/mol. The molecule has 0 fully saturated rings. The molecule has 102 valence electrons. The number of aromatic nitrogens is 1. The average molecular weight is 265 g/mol. The Kier molecular flexibility index (Phi) is 2.90. The zero-order chi connectivity index (χ0) is 14.3. The Balaban J connectivity index is 2.17. The third-order valence-corrected chi connectivity index (χ3v) is 3.74. The fourth-order valence-corrected chi connectivity index (χ4v) is 2.79. The number of nitrogens with two attached hydrogens (primary N) is 1. The fourth-order valence-electron chi connectivity index (χ4n) is 2.79. The van der Waals surface area contributed by atoms with Crippen LogP contribution in [0.2, 0.25) is 0 Å². The van der Waals surface area contributed by atoms with Gasteiger partial charge in [0, 0.05) is 23.6 Å². The van der Waals surface area contributed by atoms with Crippen molar-refractivity contribution in [1.82, 2.24) is 4.98 Å². The maximum atomic E-state index is 6.17. The van der Waals surface area contributed by atoms with Crippen LogP contribution in [-0.2, 0) is 0 Å². The highest BCUT2D eigenvalue weighted by molar-refractivity contribution is 5.97. The van der Waals surface area contributed by atoms with Crippen LogP contribution in [-0.4, -0.2) is 12.0 Å². The number of anilines is 3. The topological polar surface area (TPSA) is 45.0 Å². The van der Waals surface area contributed by atoms with Crippen molar-refractivity contribution in [1.29, 1.82) is 0 Å². The van der Waals surface area contributed by atoms with Crippen LogP contribution < -0.4 is 10.6 Å². The first-order chi connectivity index (χ1) is 9.58. The monoisotopic (exact) mass is 265 g/mol. The van der Waals surface area contributed by atoms with Crippen molar-refractivity contribution in [3.8, 4) is 0 Å². The number of hydrogen-bond acceptors (Lipinski definition) is 2. The first-order valence-corrected chi connectivity index (χ1v) is 6.75. The number of aryl methyl sites for hydroxylation is 2. The third kappa shape index (κ3) is 1.92. The maximum absolute atomic E-state index is 6.17. The number of benzene rings is 2. The maximum Gasteiger partial charge on any atom is 0.0696 e. The number of hydrogen-bond donors (Lipinski definition) is 2. The summed E-state index contributed by atoms with van der Waals surface area (Å²) >= 11 is 0. The molecule has 3 rings (SSSR count). The lowest BCUT2D eigenvalue weighted by Gasteiger charge is -2.22. The normalized spacial score (nSPS) is 10.9. The minimum Gasteiger partial charge on any atom is -0.397 e. The molecule has 0 atom stereocenters. The molecule has 0 unspecified atom stereocenters. The standard InChI is InChI=1S/C17H19N3/c1-11-8-9-16(14(18)10-11)20(3)17-12(2)19-15-7-5-4-6-13(15)17/h4-10,19H,18H2,1-3H3. The Morgan fingerprint density at radius 1 is 1.05 bits per heavy atom.